The zero-order valence-electron chi connectivity index (χ0n) is 16.6. The molecule has 3 amide bonds. The minimum atomic E-state index is -0.436. The lowest BCUT2D eigenvalue weighted by Crippen LogP contribution is -2.29. The molecule has 0 radical (unpaired) electrons. The standard InChI is InChI=1S/C24H20N2O4/c1-3-30-19-11-7-17(8-12-19)25-22(27)16-6-13-20-21(14-16)24(29)26(23(20)28)18-9-4-15(2)5-10-18/h4-14H,3H2,1-2H3,(H,25,27). The van der Waals surface area contributed by atoms with Crippen LogP contribution in [-0.4, -0.2) is 24.3 Å². The van der Waals surface area contributed by atoms with Gasteiger partial charge in [0.05, 0.1) is 23.4 Å². The zero-order valence-corrected chi connectivity index (χ0v) is 16.6. The number of amides is 3. The van der Waals surface area contributed by atoms with Crippen molar-refractivity contribution in [2.24, 2.45) is 0 Å². The Labute approximate surface area is 174 Å². The van der Waals surface area contributed by atoms with Crippen molar-refractivity contribution in [3.05, 3.63) is 89.0 Å². The lowest BCUT2D eigenvalue weighted by molar-refractivity contribution is 0.0925. The Balaban J connectivity index is 1.56. The highest BCUT2D eigenvalue weighted by Crippen LogP contribution is 2.29. The number of carbonyl (C=O) groups excluding carboxylic acids is 3. The van der Waals surface area contributed by atoms with Gasteiger partial charge in [-0.2, -0.15) is 0 Å². The summed E-state index contributed by atoms with van der Waals surface area (Å²) in [6.45, 7) is 4.39. The van der Waals surface area contributed by atoms with Crippen molar-refractivity contribution >= 4 is 29.1 Å². The number of benzene rings is 3. The number of nitrogens with one attached hydrogen (secondary N) is 1. The summed E-state index contributed by atoms with van der Waals surface area (Å²) in [6, 6.07) is 18.7. The molecule has 0 aliphatic carbocycles. The number of hydrogen-bond acceptors (Lipinski definition) is 4. The van der Waals surface area contributed by atoms with Crippen molar-refractivity contribution in [1.82, 2.24) is 0 Å². The number of ether oxygens (including phenoxy) is 1. The van der Waals surface area contributed by atoms with Gasteiger partial charge in [0.15, 0.2) is 0 Å². The van der Waals surface area contributed by atoms with Crippen molar-refractivity contribution in [2.45, 2.75) is 13.8 Å². The number of carbonyl (C=O) groups is 3. The fourth-order valence-electron chi connectivity index (χ4n) is 3.31. The molecule has 1 N–H and O–H groups in total. The second-order valence-corrected chi connectivity index (χ2v) is 6.95. The van der Waals surface area contributed by atoms with Crippen LogP contribution < -0.4 is 15.0 Å². The molecule has 1 aliphatic heterocycles. The Morgan fingerprint density at radius 2 is 1.57 bits per heavy atom. The lowest BCUT2D eigenvalue weighted by Gasteiger charge is -2.13. The summed E-state index contributed by atoms with van der Waals surface area (Å²) in [5.41, 5.74) is 2.95. The van der Waals surface area contributed by atoms with E-state index in [-0.39, 0.29) is 17.0 Å². The summed E-state index contributed by atoms with van der Waals surface area (Å²) in [4.78, 5) is 39.4. The fraction of sp³-hybridized carbons (Fsp3) is 0.125. The van der Waals surface area contributed by atoms with Gasteiger partial charge in [0.1, 0.15) is 5.75 Å². The second kappa shape index (κ2) is 7.83. The van der Waals surface area contributed by atoms with Gasteiger partial charge in [0, 0.05) is 11.3 Å². The van der Waals surface area contributed by atoms with Crippen LogP contribution in [0.3, 0.4) is 0 Å². The van der Waals surface area contributed by atoms with Crippen molar-refractivity contribution in [3.63, 3.8) is 0 Å². The van der Waals surface area contributed by atoms with Crippen LogP contribution in [0.15, 0.2) is 66.7 Å². The van der Waals surface area contributed by atoms with Gasteiger partial charge in [-0.05, 0) is 68.4 Å². The summed E-state index contributed by atoms with van der Waals surface area (Å²) in [5, 5.41) is 2.79. The SMILES string of the molecule is CCOc1ccc(NC(=O)c2ccc3c(c2)C(=O)N(c2ccc(C)cc2)C3=O)cc1. The largest absolute Gasteiger partial charge is 0.494 e. The lowest BCUT2D eigenvalue weighted by atomic mass is 10.1. The van der Waals surface area contributed by atoms with E-state index in [2.05, 4.69) is 5.32 Å². The van der Waals surface area contributed by atoms with Gasteiger partial charge in [0.2, 0.25) is 0 Å². The molecule has 0 unspecified atom stereocenters. The minimum Gasteiger partial charge on any atom is -0.494 e. The normalized spacial score (nSPS) is 12.7. The summed E-state index contributed by atoms with van der Waals surface area (Å²) in [5.74, 6) is -0.476. The Kier molecular flexibility index (Phi) is 5.06. The highest BCUT2D eigenvalue weighted by molar-refractivity contribution is 6.34. The maximum Gasteiger partial charge on any atom is 0.266 e. The minimum absolute atomic E-state index is 0.222. The summed E-state index contributed by atoms with van der Waals surface area (Å²) in [7, 11) is 0. The average Bonchev–Trinajstić information content (AvgIpc) is 3.00. The van der Waals surface area contributed by atoms with E-state index in [1.54, 1.807) is 42.5 Å². The van der Waals surface area contributed by atoms with Crippen molar-refractivity contribution < 1.29 is 19.1 Å². The number of fused-ring (bicyclic) bond motifs is 1. The predicted octanol–water partition coefficient (Wildman–Crippen LogP) is 4.45. The van der Waals surface area contributed by atoms with Gasteiger partial charge in [-0.3, -0.25) is 14.4 Å². The summed E-state index contributed by atoms with van der Waals surface area (Å²) >= 11 is 0. The van der Waals surface area contributed by atoms with E-state index in [1.165, 1.54) is 12.1 Å². The van der Waals surface area contributed by atoms with Gasteiger partial charge in [0.25, 0.3) is 17.7 Å². The number of imide groups is 1. The van der Waals surface area contributed by atoms with Crippen molar-refractivity contribution in [2.75, 3.05) is 16.8 Å². The smallest absolute Gasteiger partial charge is 0.266 e. The average molecular weight is 400 g/mol. The van der Waals surface area contributed by atoms with Crippen LogP contribution in [0, 0.1) is 6.92 Å². The van der Waals surface area contributed by atoms with Crippen LogP contribution in [0.2, 0.25) is 0 Å². The first kappa shape index (κ1) is 19.4. The number of nitrogens with zero attached hydrogens (tertiary/aromatic N) is 1. The molecule has 1 aliphatic rings. The van der Waals surface area contributed by atoms with Crippen molar-refractivity contribution in [3.8, 4) is 5.75 Å². The van der Waals surface area contributed by atoms with E-state index in [4.69, 9.17) is 4.74 Å². The quantitative estimate of drug-likeness (QED) is 0.642. The molecule has 6 nitrogen and oxygen atoms in total. The van der Waals surface area contributed by atoms with E-state index in [0.717, 1.165) is 10.5 Å². The Morgan fingerprint density at radius 3 is 2.23 bits per heavy atom. The monoisotopic (exact) mass is 400 g/mol. The van der Waals surface area contributed by atoms with E-state index in [1.807, 2.05) is 26.0 Å². The molecule has 0 saturated heterocycles. The van der Waals surface area contributed by atoms with Crippen LogP contribution in [0.5, 0.6) is 5.75 Å². The molecule has 0 aromatic heterocycles. The van der Waals surface area contributed by atoms with Gasteiger partial charge in [-0.25, -0.2) is 4.90 Å². The molecule has 3 aromatic rings. The van der Waals surface area contributed by atoms with E-state index in [9.17, 15) is 14.4 Å². The molecule has 0 saturated carbocycles. The molecular formula is C24H20N2O4. The molecule has 4 rings (SSSR count). The number of rotatable bonds is 5. The van der Waals surface area contributed by atoms with Gasteiger partial charge in [-0.1, -0.05) is 17.7 Å². The number of hydrogen-bond donors (Lipinski definition) is 1. The third-order valence-electron chi connectivity index (χ3n) is 4.86. The molecule has 3 aromatic carbocycles. The molecule has 1 heterocycles. The van der Waals surface area contributed by atoms with Crippen LogP contribution in [0.1, 0.15) is 43.6 Å². The molecule has 0 bridgehead atoms. The Morgan fingerprint density at radius 1 is 0.900 bits per heavy atom. The molecule has 0 atom stereocenters. The second-order valence-electron chi connectivity index (χ2n) is 6.95. The molecule has 30 heavy (non-hydrogen) atoms. The molecule has 0 spiro atoms. The first-order valence-electron chi connectivity index (χ1n) is 9.61. The maximum atomic E-state index is 12.9. The van der Waals surface area contributed by atoms with Crippen LogP contribution >= 0.6 is 0 Å². The predicted molar refractivity (Wildman–Crippen MR) is 114 cm³/mol. The first-order valence-corrected chi connectivity index (χ1v) is 9.61. The van der Waals surface area contributed by atoms with E-state index in [0.29, 0.717) is 29.3 Å². The highest BCUT2D eigenvalue weighted by atomic mass is 16.5. The van der Waals surface area contributed by atoms with E-state index >= 15 is 0 Å². The number of aryl methyl sites for hydroxylation is 1. The van der Waals surface area contributed by atoms with Gasteiger partial charge in [-0.15, -0.1) is 0 Å². The summed E-state index contributed by atoms with van der Waals surface area (Å²) < 4.78 is 5.39. The molecular weight excluding hydrogens is 380 g/mol. The molecule has 6 heteroatoms. The van der Waals surface area contributed by atoms with Gasteiger partial charge < -0.3 is 10.1 Å². The topological polar surface area (TPSA) is 75.7 Å². The maximum absolute atomic E-state index is 12.9. The highest BCUT2D eigenvalue weighted by Gasteiger charge is 2.37. The van der Waals surface area contributed by atoms with Crippen molar-refractivity contribution in [1.29, 1.82) is 0 Å². The summed E-state index contributed by atoms with van der Waals surface area (Å²) in [6.07, 6.45) is 0. The van der Waals surface area contributed by atoms with Crippen LogP contribution in [0.25, 0.3) is 0 Å². The molecule has 0 fully saturated rings. The first-order chi connectivity index (χ1) is 14.5. The fourth-order valence-corrected chi connectivity index (χ4v) is 3.31. The van der Waals surface area contributed by atoms with Crippen LogP contribution in [-0.2, 0) is 0 Å². The zero-order chi connectivity index (χ0) is 21.3. The number of anilines is 2. The van der Waals surface area contributed by atoms with E-state index < -0.39 is 11.8 Å². The third-order valence-corrected chi connectivity index (χ3v) is 4.86. The van der Waals surface area contributed by atoms with Crippen LogP contribution in [0.4, 0.5) is 11.4 Å². The molecule has 150 valence electrons. The Bertz CT molecular complexity index is 1130. The Hall–Kier alpha value is -3.93. The van der Waals surface area contributed by atoms with Gasteiger partial charge >= 0.3 is 0 Å². The third kappa shape index (κ3) is 3.55.